The minimum Gasteiger partial charge on any atom is -0.478 e. The zero-order valence-corrected chi connectivity index (χ0v) is 11.9. The van der Waals surface area contributed by atoms with Crippen molar-refractivity contribution >= 4 is 5.97 Å². The predicted molar refractivity (Wildman–Crippen MR) is 76.5 cm³/mol. The summed E-state index contributed by atoms with van der Waals surface area (Å²) in [5.74, 6) is -0.0468. The fourth-order valence-corrected chi connectivity index (χ4v) is 2.94. The minimum atomic E-state index is -0.801. The number of benzene rings is 1. The Labute approximate surface area is 115 Å². The second-order valence-electron chi connectivity index (χ2n) is 5.42. The summed E-state index contributed by atoms with van der Waals surface area (Å²) in [6, 6.07) is 5.65. The van der Waals surface area contributed by atoms with E-state index in [2.05, 4.69) is 24.8 Å². The number of aromatic carboxylic acids is 1. The summed E-state index contributed by atoms with van der Waals surface area (Å²) in [4.78, 5) is 13.7. The monoisotopic (exact) mass is 261 g/mol. The molecule has 0 unspecified atom stereocenters. The van der Waals surface area contributed by atoms with Gasteiger partial charge in [-0.1, -0.05) is 38.8 Å². The average molecular weight is 261 g/mol. The molecule has 0 aliphatic carbocycles. The summed E-state index contributed by atoms with van der Waals surface area (Å²) in [5.41, 5.74) is 2.72. The molecule has 104 valence electrons. The molecule has 0 atom stereocenters. The number of carboxylic acids is 1. The van der Waals surface area contributed by atoms with Crippen LogP contribution in [0.25, 0.3) is 0 Å². The first kappa shape index (κ1) is 14.1. The summed E-state index contributed by atoms with van der Waals surface area (Å²) in [7, 11) is 0. The van der Waals surface area contributed by atoms with Gasteiger partial charge in [0.1, 0.15) is 0 Å². The lowest BCUT2D eigenvalue weighted by molar-refractivity contribution is 0.0694. The van der Waals surface area contributed by atoms with E-state index >= 15 is 0 Å². The summed E-state index contributed by atoms with van der Waals surface area (Å²) >= 11 is 0. The van der Waals surface area contributed by atoms with Gasteiger partial charge in [0.25, 0.3) is 0 Å². The topological polar surface area (TPSA) is 40.5 Å². The van der Waals surface area contributed by atoms with Gasteiger partial charge >= 0.3 is 5.97 Å². The fraction of sp³-hybridized carbons (Fsp3) is 0.562. The van der Waals surface area contributed by atoms with E-state index in [1.54, 1.807) is 6.07 Å². The van der Waals surface area contributed by atoms with Crippen molar-refractivity contribution in [3.8, 4) is 0 Å². The van der Waals surface area contributed by atoms with Crippen LogP contribution < -0.4 is 0 Å². The predicted octanol–water partition coefficient (Wildman–Crippen LogP) is 3.18. The molecule has 2 rings (SSSR count). The third-order valence-electron chi connectivity index (χ3n) is 4.25. The summed E-state index contributed by atoms with van der Waals surface area (Å²) in [6.07, 6.45) is 3.29. The Morgan fingerprint density at radius 3 is 2.74 bits per heavy atom. The molecule has 1 aromatic rings. The number of fused-ring (bicyclic) bond motifs is 1. The molecule has 1 aromatic carbocycles. The van der Waals surface area contributed by atoms with E-state index in [0.29, 0.717) is 5.56 Å². The van der Waals surface area contributed by atoms with Gasteiger partial charge in [-0.25, -0.2) is 4.79 Å². The largest absolute Gasteiger partial charge is 0.478 e. The third-order valence-corrected chi connectivity index (χ3v) is 4.25. The van der Waals surface area contributed by atoms with Gasteiger partial charge in [-0.05, 0) is 29.5 Å². The molecule has 1 heterocycles. The lowest BCUT2D eigenvalue weighted by Gasteiger charge is -2.32. The highest BCUT2D eigenvalue weighted by atomic mass is 16.4. The molecule has 1 N–H and O–H groups in total. The van der Waals surface area contributed by atoms with Crippen molar-refractivity contribution in [1.82, 2.24) is 4.90 Å². The number of hydrogen-bond acceptors (Lipinski definition) is 2. The van der Waals surface area contributed by atoms with Gasteiger partial charge in [-0.15, -0.1) is 0 Å². The molecule has 0 amide bonds. The Morgan fingerprint density at radius 2 is 2.11 bits per heavy atom. The summed E-state index contributed by atoms with van der Waals surface area (Å²) < 4.78 is 0. The molecule has 3 nitrogen and oxygen atoms in total. The first-order chi connectivity index (χ1) is 9.15. The fourth-order valence-electron chi connectivity index (χ4n) is 2.94. The van der Waals surface area contributed by atoms with Gasteiger partial charge in [-0.2, -0.15) is 0 Å². The molecule has 19 heavy (non-hydrogen) atoms. The molecule has 1 aliphatic rings. The Hall–Kier alpha value is -1.35. The van der Waals surface area contributed by atoms with Crippen molar-refractivity contribution in [2.24, 2.45) is 5.92 Å². The molecule has 1 aliphatic heterocycles. The number of nitrogens with zero attached hydrogens (tertiary/aromatic N) is 1. The molecular formula is C16H23NO2. The zero-order chi connectivity index (χ0) is 13.8. The van der Waals surface area contributed by atoms with Gasteiger partial charge < -0.3 is 5.11 Å². The Morgan fingerprint density at radius 1 is 1.37 bits per heavy atom. The van der Waals surface area contributed by atoms with Crippen molar-refractivity contribution in [1.29, 1.82) is 0 Å². The van der Waals surface area contributed by atoms with Crippen molar-refractivity contribution in [2.75, 3.05) is 13.1 Å². The average Bonchev–Trinajstić information content (AvgIpc) is 2.43. The van der Waals surface area contributed by atoms with Crippen LogP contribution >= 0.6 is 0 Å². The van der Waals surface area contributed by atoms with Crippen molar-refractivity contribution < 1.29 is 9.90 Å². The number of carbonyl (C=O) groups is 1. The number of rotatable bonds is 5. The Kier molecular flexibility index (Phi) is 4.59. The summed E-state index contributed by atoms with van der Waals surface area (Å²) in [6.45, 7) is 7.49. The normalized spacial score (nSPS) is 15.5. The van der Waals surface area contributed by atoms with Crippen LogP contribution in [0.5, 0.6) is 0 Å². The van der Waals surface area contributed by atoms with Crippen molar-refractivity contribution in [3.63, 3.8) is 0 Å². The molecular weight excluding hydrogens is 238 g/mol. The van der Waals surface area contributed by atoms with Gasteiger partial charge in [0.15, 0.2) is 0 Å². The SMILES string of the molecule is CCC(CC)CN1CCc2c(cccc2C(=O)O)C1. The second kappa shape index (κ2) is 6.20. The van der Waals surface area contributed by atoms with E-state index in [0.717, 1.165) is 37.5 Å². The minimum absolute atomic E-state index is 0.486. The molecule has 0 saturated carbocycles. The van der Waals surface area contributed by atoms with Gasteiger partial charge in [-0.3, -0.25) is 4.90 Å². The van der Waals surface area contributed by atoms with Crippen LogP contribution in [-0.4, -0.2) is 29.1 Å². The molecule has 0 radical (unpaired) electrons. The standard InChI is InChI=1S/C16H23NO2/c1-3-12(4-2)10-17-9-8-14-13(11-17)6-5-7-15(14)16(18)19/h5-7,12H,3-4,8-11H2,1-2H3,(H,18,19). The van der Waals surface area contributed by atoms with Crippen molar-refractivity contribution in [3.05, 3.63) is 34.9 Å². The van der Waals surface area contributed by atoms with E-state index in [9.17, 15) is 9.90 Å². The van der Waals surface area contributed by atoms with E-state index < -0.39 is 5.97 Å². The highest BCUT2D eigenvalue weighted by molar-refractivity contribution is 5.89. The van der Waals surface area contributed by atoms with Gasteiger partial charge in [0.2, 0.25) is 0 Å². The molecule has 0 saturated heterocycles. The van der Waals surface area contributed by atoms with Crippen LogP contribution in [-0.2, 0) is 13.0 Å². The van der Waals surface area contributed by atoms with Crippen LogP contribution in [0.15, 0.2) is 18.2 Å². The quantitative estimate of drug-likeness (QED) is 0.885. The highest BCUT2D eigenvalue weighted by Crippen LogP contribution is 2.24. The van der Waals surface area contributed by atoms with Gasteiger partial charge in [0.05, 0.1) is 5.56 Å². The number of hydrogen-bond donors (Lipinski definition) is 1. The second-order valence-corrected chi connectivity index (χ2v) is 5.42. The zero-order valence-electron chi connectivity index (χ0n) is 11.9. The third kappa shape index (κ3) is 3.16. The molecule has 3 heteroatoms. The van der Waals surface area contributed by atoms with E-state index in [4.69, 9.17) is 0 Å². The smallest absolute Gasteiger partial charge is 0.335 e. The Bertz CT molecular complexity index is 452. The van der Waals surface area contributed by atoms with Crippen LogP contribution in [0.3, 0.4) is 0 Å². The number of carboxylic acid groups (broad SMARTS) is 1. The lowest BCUT2D eigenvalue weighted by Crippen LogP contribution is -2.35. The van der Waals surface area contributed by atoms with E-state index in [1.165, 1.54) is 18.4 Å². The first-order valence-corrected chi connectivity index (χ1v) is 7.22. The van der Waals surface area contributed by atoms with E-state index in [-0.39, 0.29) is 0 Å². The first-order valence-electron chi connectivity index (χ1n) is 7.22. The summed E-state index contributed by atoms with van der Waals surface area (Å²) in [5, 5.41) is 9.21. The van der Waals surface area contributed by atoms with Crippen LogP contribution in [0.1, 0.15) is 48.2 Å². The van der Waals surface area contributed by atoms with Gasteiger partial charge in [0, 0.05) is 19.6 Å². The molecule has 0 bridgehead atoms. The maximum atomic E-state index is 11.2. The molecule has 0 fully saturated rings. The van der Waals surface area contributed by atoms with Crippen LogP contribution in [0.4, 0.5) is 0 Å². The lowest BCUT2D eigenvalue weighted by atomic mass is 9.93. The molecule has 0 spiro atoms. The van der Waals surface area contributed by atoms with E-state index in [1.807, 2.05) is 6.07 Å². The van der Waals surface area contributed by atoms with Crippen LogP contribution in [0.2, 0.25) is 0 Å². The molecule has 0 aromatic heterocycles. The van der Waals surface area contributed by atoms with Crippen LogP contribution in [0, 0.1) is 5.92 Å². The maximum absolute atomic E-state index is 11.2. The Balaban J connectivity index is 2.12. The maximum Gasteiger partial charge on any atom is 0.335 e. The van der Waals surface area contributed by atoms with Crippen molar-refractivity contribution in [2.45, 2.75) is 39.7 Å². The highest BCUT2D eigenvalue weighted by Gasteiger charge is 2.22.